The summed E-state index contributed by atoms with van der Waals surface area (Å²) in [4.78, 5) is 20.8. The molecule has 0 spiro atoms. The first-order valence-electron chi connectivity index (χ1n) is 8.74. The van der Waals surface area contributed by atoms with Gasteiger partial charge in [0.2, 0.25) is 5.91 Å². The van der Waals surface area contributed by atoms with Crippen LogP contribution in [-0.4, -0.2) is 52.7 Å². The van der Waals surface area contributed by atoms with Crippen LogP contribution in [0, 0.1) is 5.82 Å². The fourth-order valence-corrected chi connectivity index (χ4v) is 3.11. The van der Waals surface area contributed by atoms with Gasteiger partial charge in [0.05, 0.1) is 23.5 Å². The lowest BCUT2D eigenvalue weighted by Gasteiger charge is -2.35. The number of anilines is 1. The Morgan fingerprint density at radius 3 is 2.85 bits per heavy atom. The molecule has 3 rings (SSSR count). The molecule has 2 heterocycles. The van der Waals surface area contributed by atoms with E-state index in [9.17, 15) is 9.18 Å². The Balaban J connectivity index is 1.69. The number of aryl methyl sites for hydroxylation is 1. The molecule has 1 saturated heterocycles. The molecule has 1 aliphatic rings. The average molecular weight is 393 g/mol. The number of piperazine rings is 1. The number of aliphatic imine (C=N–C) groups is 1. The van der Waals surface area contributed by atoms with E-state index in [2.05, 4.69) is 15.4 Å². The van der Waals surface area contributed by atoms with Crippen LogP contribution < -0.4 is 10.2 Å². The van der Waals surface area contributed by atoms with Crippen LogP contribution in [0.1, 0.15) is 12.5 Å². The minimum atomic E-state index is -0.451. The predicted octanol–water partition coefficient (Wildman–Crippen LogP) is 2.03. The van der Waals surface area contributed by atoms with Gasteiger partial charge >= 0.3 is 0 Å². The molecule has 0 radical (unpaired) electrons. The maximum atomic E-state index is 13.3. The molecular formula is C18H22ClFN6O. The Morgan fingerprint density at radius 1 is 1.41 bits per heavy atom. The van der Waals surface area contributed by atoms with Crippen LogP contribution in [-0.2, 0) is 18.4 Å². The molecule has 1 N–H and O–H groups in total. The summed E-state index contributed by atoms with van der Waals surface area (Å²) in [5, 5.41) is 7.41. The average Bonchev–Trinajstić information content (AvgIpc) is 3.07. The van der Waals surface area contributed by atoms with Crippen molar-refractivity contribution in [2.75, 3.05) is 31.1 Å². The molecule has 9 heteroatoms. The maximum Gasteiger partial charge on any atom is 0.246 e. The third-order valence-corrected chi connectivity index (χ3v) is 4.54. The van der Waals surface area contributed by atoms with Crippen molar-refractivity contribution in [3.8, 4) is 0 Å². The number of nitrogens with one attached hydrogen (secondary N) is 1. The largest absolute Gasteiger partial charge is 0.356 e. The van der Waals surface area contributed by atoms with E-state index in [0.29, 0.717) is 32.1 Å². The highest BCUT2D eigenvalue weighted by molar-refractivity contribution is 6.30. The zero-order chi connectivity index (χ0) is 19.4. The second-order valence-corrected chi connectivity index (χ2v) is 6.66. The highest BCUT2D eigenvalue weighted by Crippen LogP contribution is 2.18. The first-order chi connectivity index (χ1) is 13.0. The Hall–Kier alpha value is -2.61. The van der Waals surface area contributed by atoms with Gasteiger partial charge in [0, 0.05) is 32.9 Å². The summed E-state index contributed by atoms with van der Waals surface area (Å²) in [6.07, 6.45) is 3.51. The van der Waals surface area contributed by atoms with Crippen LogP contribution in [0.3, 0.4) is 0 Å². The zero-order valence-electron chi connectivity index (χ0n) is 15.3. The van der Waals surface area contributed by atoms with E-state index in [-0.39, 0.29) is 17.5 Å². The number of carbonyl (C=O) groups excluding carboxylic acids is 1. The Morgan fingerprint density at radius 2 is 2.22 bits per heavy atom. The zero-order valence-corrected chi connectivity index (χ0v) is 16.1. The van der Waals surface area contributed by atoms with Crippen LogP contribution >= 0.6 is 11.6 Å². The fraction of sp³-hybridized carbons (Fsp3) is 0.389. The van der Waals surface area contributed by atoms with Gasteiger partial charge in [-0.15, -0.1) is 0 Å². The molecule has 0 aliphatic carbocycles. The summed E-state index contributed by atoms with van der Waals surface area (Å²) in [5.41, 5.74) is 1.60. The van der Waals surface area contributed by atoms with E-state index in [0.717, 1.165) is 11.3 Å². The lowest BCUT2D eigenvalue weighted by Crippen LogP contribution is -2.55. The van der Waals surface area contributed by atoms with Crippen molar-refractivity contribution >= 4 is 29.2 Å². The maximum absolute atomic E-state index is 13.3. The number of amides is 1. The molecule has 1 aromatic carbocycles. The van der Waals surface area contributed by atoms with Crippen LogP contribution in [0.15, 0.2) is 35.6 Å². The first-order valence-corrected chi connectivity index (χ1v) is 9.12. The van der Waals surface area contributed by atoms with Gasteiger partial charge in [-0.05, 0) is 24.6 Å². The van der Waals surface area contributed by atoms with E-state index in [1.807, 2.05) is 25.1 Å². The van der Waals surface area contributed by atoms with E-state index in [1.165, 1.54) is 6.07 Å². The van der Waals surface area contributed by atoms with Gasteiger partial charge in [0.15, 0.2) is 5.96 Å². The summed E-state index contributed by atoms with van der Waals surface area (Å²) >= 11 is 5.83. The molecule has 7 nitrogen and oxygen atoms in total. The molecule has 1 aliphatic heterocycles. The highest BCUT2D eigenvalue weighted by Gasteiger charge is 2.27. The quantitative estimate of drug-likeness (QED) is 0.638. The molecule has 0 bridgehead atoms. The fourth-order valence-electron chi connectivity index (χ4n) is 2.90. The molecule has 1 aromatic heterocycles. The van der Waals surface area contributed by atoms with Crippen molar-refractivity contribution < 1.29 is 9.18 Å². The summed E-state index contributed by atoms with van der Waals surface area (Å²) in [7, 11) is 1.82. The predicted molar refractivity (Wildman–Crippen MR) is 103 cm³/mol. The standard InChI is InChI=1S/C18H22ClFN6O/c1-3-21-18(22-9-13-4-5-16(20)15(19)8-13)25-6-7-26(17(27)12-25)14-10-23-24(2)11-14/h4-5,8,10-11H,3,6-7,9,12H2,1-2H3,(H,21,22). The lowest BCUT2D eigenvalue weighted by atomic mass is 10.2. The van der Waals surface area contributed by atoms with Crippen molar-refractivity contribution in [3.63, 3.8) is 0 Å². The van der Waals surface area contributed by atoms with Gasteiger partial charge in [-0.25, -0.2) is 9.38 Å². The van der Waals surface area contributed by atoms with Crippen molar-refractivity contribution in [2.24, 2.45) is 12.0 Å². The number of guanidine groups is 1. The Kier molecular flexibility index (Phi) is 5.95. The number of hydrogen-bond donors (Lipinski definition) is 1. The summed E-state index contributed by atoms with van der Waals surface area (Å²) in [5.74, 6) is 0.190. The normalized spacial score (nSPS) is 15.4. The van der Waals surface area contributed by atoms with Gasteiger partial charge in [-0.3, -0.25) is 9.48 Å². The molecule has 27 heavy (non-hydrogen) atoms. The molecule has 1 fully saturated rings. The molecule has 0 saturated carbocycles. The van der Waals surface area contributed by atoms with Gasteiger partial charge < -0.3 is 15.1 Å². The first kappa shape index (κ1) is 19.2. The second kappa shape index (κ2) is 8.39. The molecular weight excluding hydrogens is 371 g/mol. The van der Waals surface area contributed by atoms with Crippen LogP contribution in [0.5, 0.6) is 0 Å². The van der Waals surface area contributed by atoms with E-state index >= 15 is 0 Å². The smallest absolute Gasteiger partial charge is 0.246 e. The van der Waals surface area contributed by atoms with E-state index in [4.69, 9.17) is 11.6 Å². The minimum Gasteiger partial charge on any atom is -0.356 e. The van der Waals surface area contributed by atoms with Crippen molar-refractivity contribution in [2.45, 2.75) is 13.5 Å². The molecule has 1 amide bonds. The summed E-state index contributed by atoms with van der Waals surface area (Å²) < 4.78 is 15.0. The monoisotopic (exact) mass is 392 g/mol. The van der Waals surface area contributed by atoms with Crippen LogP contribution in [0.4, 0.5) is 10.1 Å². The molecule has 2 aromatic rings. The van der Waals surface area contributed by atoms with Crippen molar-refractivity contribution in [1.82, 2.24) is 20.0 Å². The van der Waals surface area contributed by atoms with Crippen LogP contribution in [0.25, 0.3) is 0 Å². The van der Waals surface area contributed by atoms with Gasteiger partial charge in [-0.1, -0.05) is 17.7 Å². The number of benzene rings is 1. The highest BCUT2D eigenvalue weighted by atomic mass is 35.5. The van der Waals surface area contributed by atoms with E-state index in [1.54, 1.807) is 27.9 Å². The van der Waals surface area contributed by atoms with Gasteiger partial charge in [0.25, 0.3) is 0 Å². The molecule has 144 valence electrons. The number of rotatable bonds is 4. The third-order valence-electron chi connectivity index (χ3n) is 4.25. The van der Waals surface area contributed by atoms with Crippen molar-refractivity contribution in [3.05, 3.63) is 47.0 Å². The second-order valence-electron chi connectivity index (χ2n) is 6.26. The SMILES string of the molecule is CCNC(=NCc1ccc(F)c(Cl)c1)N1CCN(c2cnn(C)c2)C(=O)C1. The van der Waals surface area contributed by atoms with Crippen LogP contribution in [0.2, 0.25) is 5.02 Å². The Labute approximate surface area is 162 Å². The van der Waals surface area contributed by atoms with Gasteiger partial charge in [-0.2, -0.15) is 5.10 Å². The minimum absolute atomic E-state index is 0.00956. The number of aromatic nitrogens is 2. The Bertz CT molecular complexity index is 852. The third kappa shape index (κ3) is 4.57. The van der Waals surface area contributed by atoms with Crippen molar-refractivity contribution in [1.29, 1.82) is 0 Å². The number of nitrogens with zero attached hydrogens (tertiary/aromatic N) is 5. The number of carbonyl (C=O) groups is 1. The molecule has 0 atom stereocenters. The number of halogens is 2. The summed E-state index contributed by atoms with van der Waals surface area (Å²) in [6.45, 7) is 4.43. The van der Waals surface area contributed by atoms with E-state index < -0.39 is 5.82 Å². The number of hydrogen-bond acceptors (Lipinski definition) is 3. The molecule has 0 unspecified atom stereocenters. The van der Waals surface area contributed by atoms with Gasteiger partial charge in [0.1, 0.15) is 12.4 Å². The topological polar surface area (TPSA) is 65.8 Å². The summed E-state index contributed by atoms with van der Waals surface area (Å²) in [6, 6.07) is 4.55. The lowest BCUT2D eigenvalue weighted by molar-refractivity contribution is -0.120.